The predicted molar refractivity (Wildman–Crippen MR) is 143 cm³/mol. The Morgan fingerprint density at radius 1 is 1.17 bits per heavy atom. The van der Waals surface area contributed by atoms with Gasteiger partial charge in [0.05, 0.1) is 18.8 Å². The first-order valence-corrected chi connectivity index (χ1v) is 14.5. The van der Waals surface area contributed by atoms with Crippen molar-refractivity contribution in [2.24, 2.45) is 11.7 Å². The molecule has 232 valence electrons. The predicted octanol–water partition coefficient (Wildman–Crippen LogP) is 3.67. The molecule has 12 nitrogen and oxygen atoms in total. The molecule has 3 rings (SSSR count). The van der Waals surface area contributed by atoms with Crippen molar-refractivity contribution in [1.29, 1.82) is 0 Å². The van der Waals surface area contributed by atoms with Crippen molar-refractivity contribution in [2.45, 2.75) is 31.9 Å². The fourth-order valence-electron chi connectivity index (χ4n) is 3.94. The molecule has 2 aromatic rings. The fraction of sp³-hybridized carbons (Fsp3) is 0.480. The van der Waals surface area contributed by atoms with E-state index in [4.69, 9.17) is 36.3 Å². The minimum absolute atomic E-state index is 0.0297. The number of amides is 2. The Bertz CT molecular complexity index is 1360. The number of benzene rings is 1. The lowest BCUT2D eigenvalue weighted by molar-refractivity contribution is -0.137. The van der Waals surface area contributed by atoms with Crippen molar-refractivity contribution in [3.8, 4) is 17.4 Å². The van der Waals surface area contributed by atoms with E-state index in [0.29, 0.717) is 30.2 Å². The number of primary amides is 1. The molecule has 0 aliphatic carbocycles. The summed E-state index contributed by atoms with van der Waals surface area (Å²) in [6.45, 7) is 0.425. The highest BCUT2D eigenvalue weighted by Gasteiger charge is 2.33. The number of rotatable bonds is 13. The lowest BCUT2D eigenvalue weighted by atomic mass is 9.98. The number of carbonyl (C=O) groups excluding carboxylic acids is 2. The van der Waals surface area contributed by atoms with Crippen LogP contribution in [0.3, 0.4) is 0 Å². The van der Waals surface area contributed by atoms with Gasteiger partial charge in [0.2, 0.25) is 11.8 Å². The maximum Gasteiger partial charge on any atom is 0.421 e. The van der Waals surface area contributed by atoms with Gasteiger partial charge in [-0.05, 0) is 43.4 Å². The molecule has 17 heteroatoms. The van der Waals surface area contributed by atoms with Crippen molar-refractivity contribution < 1.29 is 50.1 Å². The number of aromatic nitrogens is 1. The molecule has 1 saturated heterocycles. The van der Waals surface area contributed by atoms with Crippen molar-refractivity contribution in [3.63, 3.8) is 0 Å². The van der Waals surface area contributed by atoms with Crippen LogP contribution in [0, 0.1) is 5.92 Å². The number of alkyl halides is 3. The SMILES string of the molecule is COCCOc1ccc(CCCOC(=O)NS(=O)(=O)N2CCC(C(N)=O)CC2)c(Oc2ncc(C(F)(F)F)cc2Cl)c1. The number of halogens is 4. The molecule has 1 aliphatic rings. The molecule has 3 N–H and O–H groups in total. The topological polar surface area (TPSA) is 159 Å². The average Bonchev–Trinajstić information content (AvgIpc) is 2.92. The van der Waals surface area contributed by atoms with E-state index in [0.717, 1.165) is 4.31 Å². The molecule has 0 spiro atoms. The van der Waals surface area contributed by atoms with Gasteiger partial charge in [-0.2, -0.15) is 25.9 Å². The van der Waals surface area contributed by atoms with Crippen LogP contribution >= 0.6 is 11.6 Å². The van der Waals surface area contributed by atoms with Crippen molar-refractivity contribution in [3.05, 3.63) is 46.6 Å². The zero-order valence-electron chi connectivity index (χ0n) is 22.5. The Hall–Kier alpha value is -3.34. The molecule has 1 aromatic heterocycles. The van der Waals surface area contributed by atoms with E-state index in [1.807, 2.05) is 4.72 Å². The Labute approximate surface area is 245 Å². The van der Waals surface area contributed by atoms with Gasteiger partial charge in [0, 0.05) is 38.4 Å². The maximum atomic E-state index is 13.0. The summed E-state index contributed by atoms with van der Waals surface area (Å²) >= 11 is 6.00. The lowest BCUT2D eigenvalue weighted by Gasteiger charge is -2.29. The Balaban J connectivity index is 1.60. The maximum absolute atomic E-state index is 13.0. The molecular formula is C25H30ClF3N4O8S. The second-order valence-electron chi connectivity index (χ2n) is 9.14. The summed E-state index contributed by atoms with van der Waals surface area (Å²) in [5.41, 5.74) is 4.78. The molecule has 1 aromatic carbocycles. The number of methoxy groups -OCH3 is 1. The molecular weight excluding hydrogens is 609 g/mol. The molecule has 2 amide bonds. The average molecular weight is 639 g/mol. The second-order valence-corrected chi connectivity index (χ2v) is 11.2. The molecule has 1 aliphatic heterocycles. The van der Waals surface area contributed by atoms with E-state index < -0.39 is 39.9 Å². The molecule has 0 atom stereocenters. The number of nitrogens with one attached hydrogen (secondary N) is 1. The number of hydrogen-bond acceptors (Lipinski definition) is 9. The highest BCUT2D eigenvalue weighted by molar-refractivity contribution is 7.87. The normalized spacial score (nSPS) is 14.8. The molecule has 0 bridgehead atoms. The quantitative estimate of drug-likeness (QED) is 0.312. The summed E-state index contributed by atoms with van der Waals surface area (Å²) < 4.78 is 88.0. The van der Waals surface area contributed by atoms with Gasteiger partial charge in [-0.25, -0.2) is 14.5 Å². The van der Waals surface area contributed by atoms with Crippen LogP contribution in [0.2, 0.25) is 5.02 Å². The van der Waals surface area contributed by atoms with Crippen LogP contribution in [0.1, 0.15) is 30.4 Å². The monoisotopic (exact) mass is 638 g/mol. The summed E-state index contributed by atoms with van der Waals surface area (Å²) in [4.78, 5) is 27.1. The van der Waals surface area contributed by atoms with E-state index in [1.54, 1.807) is 12.1 Å². The number of ether oxygens (including phenoxy) is 4. The number of carbonyl (C=O) groups is 2. The number of aryl methyl sites for hydroxylation is 1. The van der Waals surface area contributed by atoms with E-state index in [2.05, 4.69) is 4.98 Å². The van der Waals surface area contributed by atoms with Crippen molar-refractivity contribution in [2.75, 3.05) is 40.0 Å². The van der Waals surface area contributed by atoms with Crippen LogP contribution in [0.25, 0.3) is 0 Å². The van der Waals surface area contributed by atoms with Gasteiger partial charge >= 0.3 is 22.5 Å². The second kappa shape index (κ2) is 14.7. The first-order chi connectivity index (χ1) is 19.8. The summed E-state index contributed by atoms with van der Waals surface area (Å²) in [5.74, 6) is -0.616. The fourth-order valence-corrected chi connectivity index (χ4v) is 5.23. The molecule has 0 unspecified atom stereocenters. The van der Waals surface area contributed by atoms with Crippen LogP contribution in [-0.4, -0.2) is 69.7 Å². The van der Waals surface area contributed by atoms with E-state index in [9.17, 15) is 31.2 Å². The van der Waals surface area contributed by atoms with Crippen LogP contribution in [0.4, 0.5) is 18.0 Å². The van der Waals surface area contributed by atoms with Crippen molar-refractivity contribution >= 4 is 33.8 Å². The third kappa shape index (κ3) is 9.61. The number of nitrogens with two attached hydrogens (primary N) is 1. The summed E-state index contributed by atoms with van der Waals surface area (Å²) in [6.07, 6.45) is -4.23. The van der Waals surface area contributed by atoms with Crippen LogP contribution in [0.5, 0.6) is 17.4 Å². The van der Waals surface area contributed by atoms with E-state index in [-0.39, 0.29) is 68.6 Å². The van der Waals surface area contributed by atoms with Gasteiger partial charge < -0.3 is 24.7 Å². The first kappa shape index (κ1) is 33.2. The van der Waals surface area contributed by atoms with Gasteiger partial charge in [-0.15, -0.1) is 0 Å². The summed E-state index contributed by atoms with van der Waals surface area (Å²) in [5, 5.41) is -0.360. The summed E-state index contributed by atoms with van der Waals surface area (Å²) in [7, 11) is -2.66. The first-order valence-electron chi connectivity index (χ1n) is 12.7. The zero-order chi connectivity index (χ0) is 30.9. The van der Waals surface area contributed by atoms with Gasteiger partial charge in [0.25, 0.3) is 0 Å². The summed E-state index contributed by atoms with van der Waals surface area (Å²) in [6, 6.07) is 5.49. The van der Waals surface area contributed by atoms with Gasteiger partial charge in [0.1, 0.15) is 23.1 Å². The van der Waals surface area contributed by atoms with Crippen molar-refractivity contribution in [1.82, 2.24) is 14.0 Å². The Morgan fingerprint density at radius 3 is 2.50 bits per heavy atom. The Morgan fingerprint density at radius 2 is 1.88 bits per heavy atom. The number of piperidine rings is 1. The van der Waals surface area contributed by atoms with Gasteiger partial charge in [0.15, 0.2) is 0 Å². The number of pyridine rings is 1. The third-order valence-electron chi connectivity index (χ3n) is 6.17. The van der Waals surface area contributed by atoms with Crippen LogP contribution < -0.4 is 19.9 Å². The van der Waals surface area contributed by atoms with Crippen LogP contribution in [-0.2, 0) is 37.1 Å². The van der Waals surface area contributed by atoms with Gasteiger partial charge in [-0.3, -0.25) is 4.79 Å². The zero-order valence-corrected chi connectivity index (χ0v) is 24.1. The number of hydrogen-bond donors (Lipinski definition) is 2. The van der Waals surface area contributed by atoms with Gasteiger partial charge in [-0.1, -0.05) is 17.7 Å². The molecule has 0 saturated carbocycles. The van der Waals surface area contributed by atoms with E-state index in [1.165, 1.54) is 13.2 Å². The molecule has 0 radical (unpaired) electrons. The largest absolute Gasteiger partial charge is 0.491 e. The number of nitrogens with zero attached hydrogens (tertiary/aromatic N) is 2. The minimum Gasteiger partial charge on any atom is -0.491 e. The molecule has 1 fully saturated rings. The Kier molecular flexibility index (Phi) is 11.6. The highest BCUT2D eigenvalue weighted by atomic mass is 35.5. The third-order valence-corrected chi connectivity index (χ3v) is 7.91. The highest BCUT2D eigenvalue weighted by Crippen LogP contribution is 2.36. The standard InChI is InChI=1S/C25H30ClF3N4O8S/c1-38-11-12-39-19-5-4-16(21(14-19)41-23-20(26)13-18(15-31-23)25(27,28)29)3-2-10-40-24(35)32-42(36,37)33-8-6-17(7-9-33)22(30)34/h4-5,13-15,17H,2-3,6-12H2,1H3,(H2,30,34)(H,32,35). The smallest absolute Gasteiger partial charge is 0.421 e. The molecule has 2 heterocycles. The van der Waals surface area contributed by atoms with Crippen LogP contribution in [0.15, 0.2) is 30.5 Å². The van der Waals surface area contributed by atoms with E-state index >= 15 is 0 Å². The molecule has 42 heavy (non-hydrogen) atoms. The lowest BCUT2D eigenvalue weighted by Crippen LogP contribution is -2.48. The minimum atomic E-state index is -4.64.